The number of urea groups is 1. The molecule has 0 fully saturated rings. The van der Waals surface area contributed by atoms with Gasteiger partial charge in [0.1, 0.15) is 23.0 Å². The first kappa shape index (κ1) is 40.5. The molecule has 0 bridgehead atoms. The van der Waals surface area contributed by atoms with Crippen LogP contribution in [0.15, 0.2) is 108 Å². The maximum absolute atomic E-state index is 13.4. The number of nitrogens with zero attached hydrogens (tertiary/aromatic N) is 6. The van der Waals surface area contributed by atoms with Gasteiger partial charge < -0.3 is 45.4 Å². The van der Waals surface area contributed by atoms with Crippen LogP contribution < -0.4 is 31.3 Å². The zero-order chi connectivity index (χ0) is 44.8. The number of thiocarbonyl (C=S) groups is 1. The molecule has 326 valence electrons. The highest BCUT2D eigenvalue weighted by Crippen LogP contribution is 2.57. The van der Waals surface area contributed by atoms with Gasteiger partial charge in [0.05, 0.1) is 23.6 Å². The lowest BCUT2D eigenvalue weighted by molar-refractivity contribution is -0.120. The van der Waals surface area contributed by atoms with E-state index in [9.17, 15) is 24.6 Å². The Morgan fingerprint density at radius 3 is 2.23 bits per heavy atom. The van der Waals surface area contributed by atoms with Crippen LogP contribution >= 0.6 is 12.2 Å². The van der Waals surface area contributed by atoms with Gasteiger partial charge in [0.25, 0.3) is 0 Å². The molecule has 0 radical (unpaired) electrons. The van der Waals surface area contributed by atoms with Crippen molar-refractivity contribution in [3.8, 4) is 34.6 Å². The number of amides is 3. The van der Waals surface area contributed by atoms with E-state index in [-0.39, 0.29) is 29.8 Å². The minimum absolute atomic E-state index is 0.0246. The Labute approximate surface area is 373 Å². The number of nitrogens with one attached hydrogen (secondary N) is 5. The summed E-state index contributed by atoms with van der Waals surface area (Å²) in [7, 11) is 1.76. The van der Waals surface area contributed by atoms with E-state index in [0.29, 0.717) is 104 Å². The molecule has 0 atom stereocenters. The van der Waals surface area contributed by atoms with Crippen molar-refractivity contribution in [2.75, 3.05) is 29.0 Å². The molecule has 7 N–H and O–H groups in total. The van der Waals surface area contributed by atoms with Gasteiger partial charge in [-0.2, -0.15) is 14.6 Å². The Bertz CT molecular complexity index is 3150. The number of phenolic OH excluding ortho intramolecular Hbond substituents is 2. The Morgan fingerprint density at radius 2 is 1.51 bits per heavy atom. The van der Waals surface area contributed by atoms with Crippen LogP contribution in [-0.2, 0) is 28.6 Å². The molecule has 0 saturated carbocycles. The van der Waals surface area contributed by atoms with E-state index in [1.54, 1.807) is 84.7 Å². The summed E-state index contributed by atoms with van der Waals surface area (Å²) in [6.45, 7) is 1.00. The molecule has 1 spiro atoms. The van der Waals surface area contributed by atoms with Crippen LogP contribution in [0.2, 0.25) is 0 Å². The number of anilines is 3. The van der Waals surface area contributed by atoms with Crippen LogP contribution in [0, 0.1) is 0 Å². The zero-order valence-electron chi connectivity index (χ0n) is 34.3. The lowest BCUT2D eigenvalue weighted by atomic mass is 9.77. The van der Waals surface area contributed by atoms with Gasteiger partial charge in [-0.05, 0) is 91.3 Å². The largest absolute Gasteiger partial charge is 0.508 e. The van der Waals surface area contributed by atoms with E-state index in [4.69, 9.17) is 26.1 Å². The van der Waals surface area contributed by atoms with Crippen molar-refractivity contribution in [1.29, 1.82) is 0 Å². The van der Waals surface area contributed by atoms with Gasteiger partial charge in [0, 0.05) is 66.5 Å². The molecule has 8 aromatic rings. The Balaban J connectivity index is 0.680. The molecule has 65 heavy (non-hydrogen) atoms. The van der Waals surface area contributed by atoms with Gasteiger partial charge in [0.2, 0.25) is 17.7 Å². The second kappa shape index (κ2) is 16.3. The number of fused-ring (bicyclic) bond motifs is 9. The molecule has 0 aliphatic carbocycles. The average molecular weight is 892 g/mol. The van der Waals surface area contributed by atoms with Crippen LogP contribution in [0.4, 0.5) is 22.1 Å². The Morgan fingerprint density at radius 1 is 0.800 bits per heavy atom. The normalized spacial score (nSPS) is 13.1. The number of aromatic nitrogens is 6. The van der Waals surface area contributed by atoms with Gasteiger partial charge in [-0.25, -0.2) is 14.6 Å². The summed E-state index contributed by atoms with van der Waals surface area (Å²) in [6.07, 6.45) is 4.86. The van der Waals surface area contributed by atoms with Crippen LogP contribution in [0.25, 0.3) is 28.3 Å². The van der Waals surface area contributed by atoms with Gasteiger partial charge in [-0.3, -0.25) is 14.8 Å². The van der Waals surface area contributed by atoms with Crippen molar-refractivity contribution >= 4 is 69.2 Å². The number of benzene rings is 4. The first-order valence-electron chi connectivity index (χ1n) is 20.4. The topological polar surface area (TPSA) is 244 Å². The molecule has 20 heteroatoms. The fourth-order valence-electron chi connectivity index (χ4n) is 7.95. The molecular weight excluding hydrogens is 855 g/mol. The number of unbranched alkanes of at least 4 members (excludes halogenated alkanes) is 1. The number of aromatic hydroxyl groups is 2. The van der Waals surface area contributed by atoms with Gasteiger partial charge >= 0.3 is 12.0 Å². The minimum atomic E-state index is -1.36. The molecule has 19 nitrogen and oxygen atoms in total. The maximum atomic E-state index is 13.4. The molecular formula is C45H37N11O8S. The van der Waals surface area contributed by atoms with E-state index < -0.39 is 17.6 Å². The van der Waals surface area contributed by atoms with E-state index in [1.165, 1.54) is 35.0 Å². The van der Waals surface area contributed by atoms with Crippen LogP contribution in [-0.4, -0.2) is 75.7 Å². The predicted octanol–water partition coefficient (Wildman–Crippen LogP) is 6.32. The summed E-state index contributed by atoms with van der Waals surface area (Å²) in [4.78, 5) is 48.3. The van der Waals surface area contributed by atoms with Gasteiger partial charge in [-0.15, -0.1) is 5.10 Å². The molecule has 3 amide bonds. The van der Waals surface area contributed by atoms with Crippen LogP contribution in [0.3, 0.4) is 0 Å². The number of carbonyl (C=O) groups excluding carboxylic acids is 3. The number of esters is 1. The number of rotatable bonds is 11. The van der Waals surface area contributed by atoms with Crippen molar-refractivity contribution < 1.29 is 38.5 Å². The third-order valence-corrected chi connectivity index (χ3v) is 11.1. The number of aryl methyl sites for hydroxylation is 1. The monoisotopic (exact) mass is 891 g/mol. The summed E-state index contributed by atoms with van der Waals surface area (Å²) in [5.74, 6) is 0.748. The number of furan rings is 1. The van der Waals surface area contributed by atoms with Gasteiger partial charge in [-0.1, -0.05) is 18.2 Å². The minimum Gasteiger partial charge on any atom is -0.508 e. The molecule has 0 unspecified atom stereocenters. The highest BCUT2D eigenvalue weighted by molar-refractivity contribution is 7.80. The van der Waals surface area contributed by atoms with Crippen molar-refractivity contribution in [2.45, 2.75) is 24.9 Å². The van der Waals surface area contributed by atoms with Gasteiger partial charge in [0.15, 0.2) is 27.8 Å². The smallest absolute Gasteiger partial charge is 0.340 e. The van der Waals surface area contributed by atoms with E-state index in [0.717, 1.165) is 5.56 Å². The molecule has 2 aliphatic heterocycles. The second-order valence-corrected chi connectivity index (χ2v) is 15.7. The Kier molecular flexibility index (Phi) is 10.2. The highest BCUT2D eigenvalue weighted by atomic mass is 32.1. The fourth-order valence-corrected chi connectivity index (χ4v) is 8.17. The summed E-state index contributed by atoms with van der Waals surface area (Å²) >= 11 is 5.53. The van der Waals surface area contributed by atoms with Crippen molar-refractivity contribution in [3.63, 3.8) is 0 Å². The zero-order valence-corrected chi connectivity index (χ0v) is 35.1. The molecule has 0 saturated heterocycles. The van der Waals surface area contributed by atoms with Crippen LogP contribution in [0.1, 0.15) is 45.5 Å². The van der Waals surface area contributed by atoms with Crippen molar-refractivity contribution in [2.24, 2.45) is 7.05 Å². The highest BCUT2D eigenvalue weighted by Gasteiger charge is 2.53. The third-order valence-electron chi connectivity index (χ3n) is 10.9. The van der Waals surface area contributed by atoms with E-state index in [1.807, 2.05) is 0 Å². The summed E-state index contributed by atoms with van der Waals surface area (Å²) in [6, 6.07) is 24.3. The number of phenols is 2. The molecule has 10 rings (SSSR count). The lowest BCUT2D eigenvalue weighted by Gasteiger charge is -2.36. The Hall–Kier alpha value is -8.52. The predicted molar refractivity (Wildman–Crippen MR) is 240 cm³/mol. The van der Waals surface area contributed by atoms with Crippen molar-refractivity contribution in [1.82, 2.24) is 40.0 Å². The standard InChI is InChI=1S/C45H37N11O8S/c1-55-23-30-38(53-55)51-42(56-40(30)50-39(54-56)34-5-4-18-62-34)52-43(61)48-25-8-6-24(7-9-25)19-37(59)46-16-2-3-17-47-44(65)49-26-10-13-31-29(20-26)41(60)64-45(31)32-14-11-27(57)21-35(32)63-36-22-28(58)12-15-33(36)45/h4-15,18,20-23,57-58H,2-3,16-17,19H2,1H3,(H,46,59)(H2,47,49,65)(H2,48,51,52,53,61). The molecule has 4 aromatic heterocycles. The summed E-state index contributed by atoms with van der Waals surface area (Å²) < 4.78 is 20.7. The number of hydrogen-bond acceptors (Lipinski definition) is 13. The molecule has 6 heterocycles. The number of ether oxygens (including phenoxy) is 2. The second-order valence-electron chi connectivity index (χ2n) is 15.3. The number of hydrogen-bond donors (Lipinski definition) is 7. The fraction of sp³-hybridized carbons (Fsp3) is 0.156. The quantitative estimate of drug-likeness (QED) is 0.0427. The van der Waals surface area contributed by atoms with Crippen molar-refractivity contribution in [3.05, 3.63) is 131 Å². The molecule has 2 aliphatic rings. The summed E-state index contributed by atoms with van der Waals surface area (Å²) in [5.41, 5.74) is 3.29. The maximum Gasteiger partial charge on any atom is 0.340 e. The SMILES string of the molecule is Cn1cc2c(nc(NC(=O)Nc3ccc(CC(=O)NCCCCNC(=S)Nc4ccc5c(c4)C(=O)OC54c5ccc(O)cc5Oc5cc(O)ccc54)cc3)n3nc(-c4ccco4)nc23)n1. The number of carbonyl (C=O) groups is 3. The van der Waals surface area contributed by atoms with E-state index >= 15 is 0 Å². The average Bonchev–Trinajstić information content (AvgIpc) is 4.09. The third kappa shape index (κ3) is 7.71. The lowest BCUT2D eigenvalue weighted by Crippen LogP contribution is -2.33. The van der Waals surface area contributed by atoms with Crippen LogP contribution in [0.5, 0.6) is 23.0 Å². The first-order chi connectivity index (χ1) is 31.5. The summed E-state index contributed by atoms with van der Waals surface area (Å²) in [5, 5.41) is 45.0. The molecule has 4 aromatic carbocycles. The first-order valence-corrected chi connectivity index (χ1v) is 20.8. The van der Waals surface area contributed by atoms with E-state index in [2.05, 4.69) is 46.7 Å².